The first kappa shape index (κ1) is 15.3. The largest absolute Gasteiger partial charge is 0.399 e. The number of hydrogen-bond donors (Lipinski definition) is 2. The van der Waals surface area contributed by atoms with Crippen LogP contribution in [0.2, 0.25) is 0 Å². The van der Waals surface area contributed by atoms with Crippen LogP contribution in [0.4, 0.5) is 5.69 Å². The van der Waals surface area contributed by atoms with Crippen molar-refractivity contribution in [3.63, 3.8) is 0 Å². The van der Waals surface area contributed by atoms with Gasteiger partial charge in [0.15, 0.2) is 14.0 Å². The zero-order chi connectivity index (χ0) is 14.0. The average Bonchev–Trinajstić information content (AvgIpc) is 2.37. The Morgan fingerprint density at radius 3 is 2.22 bits per heavy atom. The maximum Gasteiger partial charge on any atom is 0.175 e. The highest BCUT2D eigenvalue weighted by molar-refractivity contribution is 7.94. The number of hydrogen-bond acceptors (Lipinski definition) is 4. The van der Waals surface area contributed by atoms with Gasteiger partial charge in [0.25, 0.3) is 0 Å². The van der Waals surface area contributed by atoms with E-state index < -0.39 is 20.1 Å². The third-order valence-corrected chi connectivity index (χ3v) is 6.52. The molecule has 1 rings (SSSR count). The van der Waals surface area contributed by atoms with Gasteiger partial charge in [0, 0.05) is 11.4 Å². The van der Waals surface area contributed by atoms with Crippen molar-refractivity contribution in [1.82, 2.24) is 0 Å². The quantitative estimate of drug-likeness (QED) is 0.643. The number of anilines is 1. The Kier molecular flexibility index (Phi) is 4.64. The third kappa shape index (κ3) is 2.63. The van der Waals surface area contributed by atoms with Gasteiger partial charge in [-0.3, -0.25) is 0 Å². The van der Waals surface area contributed by atoms with Crippen LogP contribution in [0, 0.1) is 0 Å². The number of aliphatic hydroxyl groups is 1. The van der Waals surface area contributed by atoms with E-state index in [0.717, 1.165) is 0 Å². The fraction of sp³-hybridized carbons (Fsp3) is 0.500. The summed E-state index contributed by atoms with van der Waals surface area (Å²) < 4.78 is 22.3. The zero-order valence-corrected chi connectivity index (χ0v) is 12.0. The molecule has 0 bridgehead atoms. The summed E-state index contributed by atoms with van der Waals surface area (Å²) >= 11 is 6.17. The number of nitrogens with two attached hydrogens (primary N) is 1. The van der Waals surface area contributed by atoms with Gasteiger partial charge in [-0.2, -0.15) is 0 Å². The first-order valence-corrected chi connectivity index (χ1v) is 7.76. The molecule has 0 radical (unpaired) electrons. The second kappa shape index (κ2) is 5.47. The molecule has 0 saturated heterocycles. The monoisotopic (exact) mass is 291 g/mol. The van der Waals surface area contributed by atoms with Gasteiger partial charge >= 0.3 is 0 Å². The number of nitrogen functional groups attached to an aromatic ring is 1. The molecule has 0 spiro atoms. The number of aliphatic hydroxyl groups excluding tert-OH is 1. The standard InChI is InChI=1S/C12H18ClNO3S/c1-3-12(13,18(16,17)4-2)11(15)9-5-7-10(14)8-6-9/h5-8,11,15H,3-4,14H2,1-2H3/t11-,12+/m0/s1. The van der Waals surface area contributed by atoms with Crippen molar-refractivity contribution in [3.05, 3.63) is 29.8 Å². The van der Waals surface area contributed by atoms with Crippen LogP contribution in [0.1, 0.15) is 31.9 Å². The molecule has 0 aliphatic heterocycles. The number of alkyl halides is 1. The van der Waals surface area contributed by atoms with E-state index in [1.807, 2.05) is 0 Å². The van der Waals surface area contributed by atoms with Crippen LogP contribution < -0.4 is 5.73 Å². The molecule has 0 aromatic heterocycles. The lowest BCUT2D eigenvalue weighted by Crippen LogP contribution is -2.39. The summed E-state index contributed by atoms with van der Waals surface area (Å²) in [5.41, 5.74) is 6.53. The van der Waals surface area contributed by atoms with Gasteiger partial charge in [0.05, 0.1) is 0 Å². The van der Waals surface area contributed by atoms with Gasteiger partial charge in [-0.25, -0.2) is 8.42 Å². The summed E-state index contributed by atoms with van der Waals surface area (Å²) in [5.74, 6) is -0.115. The van der Waals surface area contributed by atoms with E-state index >= 15 is 0 Å². The Labute approximate surface area is 113 Å². The Balaban J connectivity index is 3.21. The van der Waals surface area contributed by atoms with Crippen LogP contribution in [0.25, 0.3) is 0 Å². The Hall–Kier alpha value is -0.780. The van der Waals surface area contributed by atoms with Crippen molar-refractivity contribution < 1.29 is 13.5 Å². The number of halogens is 1. The first-order valence-electron chi connectivity index (χ1n) is 5.73. The molecule has 0 aliphatic carbocycles. The second-order valence-electron chi connectivity index (χ2n) is 4.11. The summed E-state index contributed by atoms with van der Waals surface area (Å²) in [7, 11) is -3.58. The lowest BCUT2D eigenvalue weighted by Gasteiger charge is -2.30. The molecule has 4 nitrogen and oxygen atoms in total. The van der Waals surface area contributed by atoms with Crippen LogP contribution in [-0.2, 0) is 9.84 Å². The van der Waals surface area contributed by atoms with E-state index in [9.17, 15) is 13.5 Å². The van der Waals surface area contributed by atoms with Gasteiger partial charge in [0.1, 0.15) is 6.10 Å². The molecule has 2 atom stereocenters. The molecule has 0 fully saturated rings. The van der Waals surface area contributed by atoms with Gasteiger partial charge in [-0.1, -0.05) is 37.6 Å². The maximum absolute atomic E-state index is 12.0. The van der Waals surface area contributed by atoms with Gasteiger partial charge < -0.3 is 10.8 Å². The van der Waals surface area contributed by atoms with E-state index in [1.54, 1.807) is 31.2 Å². The fourth-order valence-corrected chi connectivity index (χ4v) is 3.60. The predicted octanol–water partition coefficient (Wildman–Crippen LogP) is 2.08. The molecule has 0 aliphatic rings. The van der Waals surface area contributed by atoms with Crippen molar-refractivity contribution >= 4 is 27.1 Å². The minimum absolute atomic E-state index is 0.115. The highest BCUT2D eigenvalue weighted by atomic mass is 35.5. The van der Waals surface area contributed by atoms with Gasteiger partial charge in [-0.05, 0) is 24.1 Å². The Bertz CT molecular complexity index is 501. The number of benzene rings is 1. The smallest absolute Gasteiger partial charge is 0.175 e. The highest BCUT2D eigenvalue weighted by Gasteiger charge is 2.46. The summed E-state index contributed by atoms with van der Waals surface area (Å²) in [6, 6.07) is 6.37. The summed E-state index contributed by atoms with van der Waals surface area (Å²) in [6.45, 7) is 3.15. The predicted molar refractivity (Wildman–Crippen MR) is 74.2 cm³/mol. The highest BCUT2D eigenvalue weighted by Crippen LogP contribution is 2.40. The summed E-state index contributed by atoms with van der Waals surface area (Å²) in [5, 5.41) is 10.2. The average molecular weight is 292 g/mol. The SMILES string of the molecule is CC[C@](Cl)([C@@H](O)c1ccc(N)cc1)S(=O)(=O)CC. The normalized spacial score (nSPS) is 17.1. The molecule has 18 heavy (non-hydrogen) atoms. The van der Waals surface area contributed by atoms with Crippen molar-refractivity contribution in [1.29, 1.82) is 0 Å². The molecule has 0 saturated carbocycles. The van der Waals surface area contributed by atoms with E-state index in [1.165, 1.54) is 6.92 Å². The van der Waals surface area contributed by atoms with Crippen molar-refractivity contribution in [2.45, 2.75) is 30.6 Å². The van der Waals surface area contributed by atoms with Crippen molar-refractivity contribution in [2.24, 2.45) is 0 Å². The number of rotatable bonds is 5. The molecule has 0 amide bonds. The van der Waals surface area contributed by atoms with Crippen molar-refractivity contribution in [2.75, 3.05) is 11.5 Å². The zero-order valence-electron chi connectivity index (χ0n) is 10.4. The minimum atomic E-state index is -3.58. The number of sulfone groups is 1. The Morgan fingerprint density at radius 2 is 1.83 bits per heavy atom. The molecular formula is C12H18ClNO3S. The van der Waals surface area contributed by atoms with Gasteiger partial charge in [-0.15, -0.1) is 0 Å². The third-order valence-electron chi connectivity index (χ3n) is 3.04. The molecule has 1 aromatic carbocycles. The second-order valence-corrected chi connectivity index (χ2v) is 7.55. The molecule has 102 valence electrons. The topological polar surface area (TPSA) is 80.4 Å². The van der Waals surface area contributed by atoms with Crippen LogP contribution in [0.5, 0.6) is 0 Å². The van der Waals surface area contributed by atoms with Crippen LogP contribution in [-0.4, -0.2) is 23.5 Å². The van der Waals surface area contributed by atoms with Crippen molar-refractivity contribution in [3.8, 4) is 0 Å². The minimum Gasteiger partial charge on any atom is -0.399 e. The lowest BCUT2D eigenvalue weighted by molar-refractivity contribution is 0.154. The lowest BCUT2D eigenvalue weighted by atomic mass is 10.0. The summed E-state index contributed by atoms with van der Waals surface area (Å²) in [6.07, 6.45) is -1.16. The Morgan fingerprint density at radius 1 is 1.33 bits per heavy atom. The molecule has 0 unspecified atom stereocenters. The van der Waals surface area contributed by atoms with Crippen LogP contribution in [0.3, 0.4) is 0 Å². The first-order chi connectivity index (χ1) is 8.28. The molecular weight excluding hydrogens is 274 g/mol. The molecule has 3 N–H and O–H groups in total. The molecule has 1 aromatic rings. The van der Waals surface area contributed by atoms with E-state index in [2.05, 4.69) is 0 Å². The fourth-order valence-electron chi connectivity index (χ4n) is 1.75. The van der Waals surface area contributed by atoms with E-state index in [0.29, 0.717) is 11.3 Å². The molecule has 0 heterocycles. The molecule has 6 heteroatoms. The van der Waals surface area contributed by atoms with Crippen LogP contribution in [0.15, 0.2) is 24.3 Å². The van der Waals surface area contributed by atoms with E-state index in [-0.39, 0.29) is 12.2 Å². The maximum atomic E-state index is 12.0. The van der Waals surface area contributed by atoms with E-state index in [4.69, 9.17) is 17.3 Å². The van der Waals surface area contributed by atoms with Crippen LogP contribution >= 0.6 is 11.6 Å². The summed E-state index contributed by atoms with van der Waals surface area (Å²) in [4.78, 5) is 0. The van der Waals surface area contributed by atoms with Gasteiger partial charge in [0.2, 0.25) is 0 Å².